The van der Waals surface area contributed by atoms with Gasteiger partial charge in [-0.2, -0.15) is 0 Å². The largest absolute Gasteiger partial charge is 0.369 e. The SMILES string of the molecule is C[C@H](C(=O)NCCN1C(=O)CSC1=O)N1CCN(c2cccc(Cl)c2)CC1. The molecule has 3 rings (SSSR count). The summed E-state index contributed by atoms with van der Waals surface area (Å²) in [6.45, 7) is 5.60. The molecule has 1 atom stereocenters. The van der Waals surface area contributed by atoms with Crippen molar-refractivity contribution < 1.29 is 14.4 Å². The van der Waals surface area contributed by atoms with E-state index in [1.54, 1.807) is 0 Å². The molecule has 0 saturated carbocycles. The van der Waals surface area contributed by atoms with Crippen LogP contribution in [0.1, 0.15) is 6.92 Å². The highest BCUT2D eigenvalue weighted by molar-refractivity contribution is 8.14. The molecular formula is C18H23ClN4O3S. The third kappa shape index (κ3) is 4.94. The molecule has 1 aromatic carbocycles. The standard InChI is InChI=1S/C18H23ClN4O3S/c1-13(17(25)20-5-6-23-16(24)12-27-18(23)26)21-7-9-22(10-8-21)15-4-2-3-14(19)11-15/h2-4,11,13H,5-10,12H2,1H3,(H,20,25)/t13-/m1/s1. The summed E-state index contributed by atoms with van der Waals surface area (Å²) < 4.78 is 0. The van der Waals surface area contributed by atoms with Gasteiger partial charge >= 0.3 is 0 Å². The fraction of sp³-hybridized carbons (Fsp3) is 0.500. The molecule has 2 saturated heterocycles. The Hall–Kier alpha value is -1.77. The van der Waals surface area contributed by atoms with Crippen LogP contribution in [0.5, 0.6) is 0 Å². The van der Waals surface area contributed by atoms with Crippen molar-refractivity contribution in [2.45, 2.75) is 13.0 Å². The molecule has 3 amide bonds. The smallest absolute Gasteiger partial charge is 0.288 e. The van der Waals surface area contributed by atoms with Gasteiger partial charge in [-0.15, -0.1) is 0 Å². The number of rotatable bonds is 6. The van der Waals surface area contributed by atoms with Gasteiger partial charge in [0, 0.05) is 50.0 Å². The van der Waals surface area contributed by atoms with Gasteiger partial charge in [0.05, 0.1) is 11.8 Å². The van der Waals surface area contributed by atoms with E-state index in [-0.39, 0.29) is 41.9 Å². The van der Waals surface area contributed by atoms with Gasteiger partial charge in [0.1, 0.15) is 0 Å². The van der Waals surface area contributed by atoms with Gasteiger partial charge in [0.15, 0.2) is 0 Å². The van der Waals surface area contributed by atoms with Crippen LogP contribution in [0.2, 0.25) is 5.02 Å². The van der Waals surface area contributed by atoms with Gasteiger partial charge in [-0.3, -0.25) is 24.2 Å². The number of carbonyl (C=O) groups excluding carboxylic acids is 3. The van der Waals surface area contributed by atoms with Crippen molar-refractivity contribution in [3.63, 3.8) is 0 Å². The van der Waals surface area contributed by atoms with Gasteiger partial charge < -0.3 is 10.2 Å². The highest BCUT2D eigenvalue weighted by atomic mass is 35.5. The number of nitrogens with zero attached hydrogens (tertiary/aromatic N) is 3. The second-order valence-corrected chi connectivity index (χ2v) is 7.93. The van der Waals surface area contributed by atoms with Crippen molar-refractivity contribution in [1.29, 1.82) is 0 Å². The summed E-state index contributed by atoms with van der Waals surface area (Å²) in [7, 11) is 0. The van der Waals surface area contributed by atoms with Crippen LogP contribution in [-0.2, 0) is 9.59 Å². The molecule has 0 aliphatic carbocycles. The summed E-state index contributed by atoms with van der Waals surface area (Å²) >= 11 is 7.07. The van der Waals surface area contributed by atoms with Crippen LogP contribution >= 0.6 is 23.4 Å². The molecule has 1 N–H and O–H groups in total. The molecule has 0 unspecified atom stereocenters. The van der Waals surface area contributed by atoms with Gasteiger partial charge in [0.25, 0.3) is 5.24 Å². The van der Waals surface area contributed by atoms with E-state index in [0.717, 1.165) is 48.7 Å². The summed E-state index contributed by atoms with van der Waals surface area (Å²) in [5, 5.41) is 3.31. The molecular weight excluding hydrogens is 388 g/mol. The highest BCUT2D eigenvalue weighted by Gasteiger charge is 2.30. The third-order valence-electron chi connectivity index (χ3n) is 4.89. The van der Waals surface area contributed by atoms with Crippen molar-refractivity contribution in [3.05, 3.63) is 29.3 Å². The van der Waals surface area contributed by atoms with E-state index in [4.69, 9.17) is 11.6 Å². The van der Waals surface area contributed by atoms with Crippen molar-refractivity contribution in [3.8, 4) is 0 Å². The monoisotopic (exact) mass is 410 g/mol. The van der Waals surface area contributed by atoms with Crippen molar-refractivity contribution >= 4 is 46.1 Å². The molecule has 0 radical (unpaired) electrons. The maximum Gasteiger partial charge on any atom is 0.288 e. The molecule has 7 nitrogen and oxygen atoms in total. The Kier molecular flexibility index (Phi) is 6.62. The van der Waals surface area contributed by atoms with E-state index < -0.39 is 0 Å². The number of hydrogen-bond acceptors (Lipinski definition) is 6. The number of nitrogens with one attached hydrogen (secondary N) is 1. The quantitative estimate of drug-likeness (QED) is 0.769. The number of imide groups is 1. The molecule has 0 aromatic heterocycles. The zero-order chi connectivity index (χ0) is 19.4. The first-order chi connectivity index (χ1) is 13.0. The molecule has 1 aromatic rings. The molecule has 2 aliphatic rings. The van der Waals surface area contributed by atoms with Crippen molar-refractivity contribution in [2.24, 2.45) is 0 Å². The lowest BCUT2D eigenvalue weighted by molar-refractivity contribution is -0.127. The van der Waals surface area contributed by atoms with Gasteiger partial charge in [-0.1, -0.05) is 29.4 Å². The van der Waals surface area contributed by atoms with Crippen molar-refractivity contribution in [2.75, 3.05) is 49.9 Å². The minimum absolute atomic E-state index is 0.0852. The number of hydrogen-bond donors (Lipinski definition) is 1. The van der Waals surface area contributed by atoms with Crippen LogP contribution in [0, 0.1) is 0 Å². The Morgan fingerprint density at radius 1 is 1.26 bits per heavy atom. The summed E-state index contributed by atoms with van der Waals surface area (Å²) in [5.74, 6) is -0.0810. The lowest BCUT2D eigenvalue weighted by Gasteiger charge is -2.38. The maximum atomic E-state index is 12.4. The summed E-state index contributed by atoms with van der Waals surface area (Å²) in [6, 6.07) is 7.53. The van der Waals surface area contributed by atoms with Gasteiger partial charge in [-0.25, -0.2) is 0 Å². The predicted molar refractivity (Wildman–Crippen MR) is 107 cm³/mol. The summed E-state index contributed by atoms with van der Waals surface area (Å²) in [4.78, 5) is 41.1. The minimum atomic E-state index is -0.258. The van der Waals surface area contributed by atoms with E-state index in [0.29, 0.717) is 0 Å². The van der Waals surface area contributed by atoms with E-state index >= 15 is 0 Å². The normalized spacial score (nSPS) is 19.5. The average Bonchev–Trinajstić information content (AvgIpc) is 2.99. The molecule has 146 valence electrons. The topological polar surface area (TPSA) is 73.0 Å². The molecule has 2 aliphatic heterocycles. The first kappa shape index (κ1) is 20.0. The molecule has 2 heterocycles. The van der Waals surface area contributed by atoms with Crippen LogP contribution in [0.25, 0.3) is 0 Å². The summed E-state index contributed by atoms with van der Waals surface area (Å²) in [5.41, 5.74) is 1.09. The molecule has 2 fully saturated rings. The van der Waals surface area contributed by atoms with E-state index in [1.165, 1.54) is 4.90 Å². The lowest BCUT2D eigenvalue weighted by atomic mass is 10.2. The fourth-order valence-corrected chi connectivity index (χ4v) is 4.18. The maximum absolute atomic E-state index is 12.4. The molecule has 27 heavy (non-hydrogen) atoms. The Morgan fingerprint density at radius 2 is 2.00 bits per heavy atom. The first-order valence-electron chi connectivity index (χ1n) is 8.95. The molecule has 9 heteroatoms. The zero-order valence-corrected chi connectivity index (χ0v) is 16.8. The number of carbonyl (C=O) groups is 3. The number of benzene rings is 1. The number of anilines is 1. The van der Waals surface area contributed by atoms with Gasteiger partial charge in [0.2, 0.25) is 11.8 Å². The second-order valence-electron chi connectivity index (χ2n) is 6.57. The number of thioether (sulfide) groups is 1. The number of halogens is 1. The Bertz CT molecular complexity index is 708. The van der Waals surface area contributed by atoms with Crippen LogP contribution in [0.3, 0.4) is 0 Å². The van der Waals surface area contributed by atoms with Crippen LogP contribution in [-0.4, -0.2) is 77.9 Å². The first-order valence-corrected chi connectivity index (χ1v) is 10.3. The lowest BCUT2D eigenvalue weighted by Crippen LogP contribution is -2.54. The fourth-order valence-electron chi connectivity index (χ4n) is 3.24. The van der Waals surface area contributed by atoms with Gasteiger partial charge in [-0.05, 0) is 25.1 Å². The van der Waals surface area contributed by atoms with Crippen LogP contribution in [0.4, 0.5) is 10.5 Å². The van der Waals surface area contributed by atoms with Crippen molar-refractivity contribution in [1.82, 2.24) is 15.1 Å². The van der Waals surface area contributed by atoms with Crippen LogP contribution < -0.4 is 10.2 Å². The minimum Gasteiger partial charge on any atom is -0.369 e. The molecule has 0 spiro atoms. The number of amides is 3. The predicted octanol–water partition coefficient (Wildman–Crippen LogP) is 1.66. The van der Waals surface area contributed by atoms with E-state index in [9.17, 15) is 14.4 Å². The van der Waals surface area contributed by atoms with E-state index in [1.807, 2.05) is 31.2 Å². The average molecular weight is 411 g/mol. The van der Waals surface area contributed by atoms with E-state index in [2.05, 4.69) is 15.1 Å². The molecule has 0 bridgehead atoms. The second kappa shape index (κ2) is 8.95. The summed E-state index contributed by atoms with van der Waals surface area (Å²) in [6.07, 6.45) is 0. The zero-order valence-electron chi connectivity index (χ0n) is 15.2. The Morgan fingerprint density at radius 3 is 2.63 bits per heavy atom. The Balaban J connectivity index is 1.43. The third-order valence-corrected chi connectivity index (χ3v) is 5.98. The van der Waals surface area contributed by atoms with Crippen LogP contribution in [0.15, 0.2) is 24.3 Å². The highest BCUT2D eigenvalue weighted by Crippen LogP contribution is 2.21. The Labute approximate surface area is 168 Å². The number of piperazine rings is 1.